The molecule has 0 aromatic heterocycles. The molecule has 3 N–H and O–H groups in total. The van der Waals surface area contributed by atoms with Crippen LogP contribution in [-0.2, 0) is 16.6 Å². The molecule has 1 unspecified atom stereocenters. The number of rotatable bonds is 6. The second kappa shape index (κ2) is 8.50. The summed E-state index contributed by atoms with van der Waals surface area (Å²) in [6, 6.07) is 21.8. The van der Waals surface area contributed by atoms with Gasteiger partial charge in [0.1, 0.15) is 5.75 Å². The first-order valence-corrected chi connectivity index (χ1v) is 11.3. The molecule has 1 atom stereocenters. The number of aliphatic hydroxyl groups excluding tert-OH is 1. The number of anilines is 1. The molecule has 160 valence electrons. The maximum atomic E-state index is 11.6. The Morgan fingerprint density at radius 2 is 1.68 bits per heavy atom. The molecular formula is C23H23N3O4S. The van der Waals surface area contributed by atoms with E-state index in [0.717, 1.165) is 33.8 Å². The van der Waals surface area contributed by atoms with Gasteiger partial charge in [-0.3, -0.25) is 5.01 Å². The van der Waals surface area contributed by atoms with Gasteiger partial charge >= 0.3 is 0 Å². The fourth-order valence-corrected chi connectivity index (χ4v) is 4.12. The van der Waals surface area contributed by atoms with Gasteiger partial charge in [-0.25, -0.2) is 13.6 Å². The molecule has 3 aromatic rings. The maximum absolute atomic E-state index is 11.6. The van der Waals surface area contributed by atoms with Crippen molar-refractivity contribution in [1.82, 2.24) is 0 Å². The Labute approximate surface area is 181 Å². The fraction of sp³-hybridized carbons (Fsp3) is 0.174. The number of hydrazone groups is 1. The summed E-state index contributed by atoms with van der Waals surface area (Å²) in [5, 5.41) is 21.3. The highest BCUT2D eigenvalue weighted by molar-refractivity contribution is 7.89. The zero-order valence-electron chi connectivity index (χ0n) is 17.0. The summed E-state index contributed by atoms with van der Waals surface area (Å²) in [7, 11) is -2.14. The summed E-state index contributed by atoms with van der Waals surface area (Å²) < 4.78 is 28.5. The lowest BCUT2D eigenvalue weighted by Gasteiger charge is -2.24. The predicted molar refractivity (Wildman–Crippen MR) is 120 cm³/mol. The van der Waals surface area contributed by atoms with E-state index in [1.807, 2.05) is 53.5 Å². The number of hydrogen-bond acceptors (Lipinski definition) is 6. The topological polar surface area (TPSA) is 105 Å². The van der Waals surface area contributed by atoms with Crippen LogP contribution in [0.3, 0.4) is 0 Å². The molecule has 7 nitrogen and oxygen atoms in total. The second-order valence-corrected chi connectivity index (χ2v) is 8.84. The van der Waals surface area contributed by atoms with Crippen LogP contribution in [0.1, 0.15) is 29.2 Å². The Hall–Kier alpha value is -3.20. The van der Waals surface area contributed by atoms with Gasteiger partial charge in [0.05, 0.1) is 36.1 Å². The number of methoxy groups -OCH3 is 1. The minimum absolute atomic E-state index is 0.0102. The van der Waals surface area contributed by atoms with Crippen LogP contribution in [0.4, 0.5) is 5.69 Å². The lowest BCUT2D eigenvalue weighted by atomic mass is 9.97. The molecule has 0 spiro atoms. The van der Waals surface area contributed by atoms with Crippen LogP contribution in [0.5, 0.6) is 5.75 Å². The van der Waals surface area contributed by atoms with E-state index < -0.39 is 10.0 Å². The van der Waals surface area contributed by atoms with Gasteiger partial charge in [-0.15, -0.1) is 0 Å². The van der Waals surface area contributed by atoms with Crippen molar-refractivity contribution in [3.8, 4) is 5.75 Å². The predicted octanol–water partition coefficient (Wildman–Crippen LogP) is 3.19. The third kappa shape index (κ3) is 4.46. The highest BCUT2D eigenvalue weighted by atomic mass is 32.2. The maximum Gasteiger partial charge on any atom is 0.238 e. The molecule has 8 heteroatoms. The molecule has 0 saturated heterocycles. The van der Waals surface area contributed by atoms with Crippen molar-refractivity contribution < 1.29 is 18.3 Å². The van der Waals surface area contributed by atoms with Crippen molar-refractivity contribution >= 4 is 21.4 Å². The number of benzene rings is 3. The Bertz CT molecular complexity index is 1190. The van der Waals surface area contributed by atoms with E-state index in [1.54, 1.807) is 19.2 Å². The number of hydrogen-bond donors (Lipinski definition) is 2. The van der Waals surface area contributed by atoms with E-state index in [-0.39, 0.29) is 17.5 Å². The third-order valence-corrected chi connectivity index (χ3v) is 6.24. The molecule has 0 amide bonds. The van der Waals surface area contributed by atoms with Gasteiger partial charge in [0.25, 0.3) is 0 Å². The van der Waals surface area contributed by atoms with E-state index in [1.165, 1.54) is 12.1 Å². The normalized spacial score (nSPS) is 16.3. The minimum atomic E-state index is -3.77. The number of nitrogens with zero attached hydrogens (tertiary/aromatic N) is 2. The van der Waals surface area contributed by atoms with E-state index in [4.69, 9.17) is 15.0 Å². The van der Waals surface area contributed by atoms with Crippen molar-refractivity contribution in [1.29, 1.82) is 0 Å². The molecule has 1 aliphatic rings. The fourth-order valence-electron chi connectivity index (χ4n) is 3.60. The first-order valence-electron chi connectivity index (χ1n) is 9.73. The van der Waals surface area contributed by atoms with Gasteiger partial charge in [-0.05, 0) is 53.1 Å². The van der Waals surface area contributed by atoms with Gasteiger partial charge in [0.2, 0.25) is 10.0 Å². The van der Waals surface area contributed by atoms with Crippen molar-refractivity contribution in [2.24, 2.45) is 10.2 Å². The molecule has 0 saturated carbocycles. The van der Waals surface area contributed by atoms with Gasteiger partial charge < -0.3 is 9.84 Å². The average molecular weight is 438 g/mol. The van der Waals surface area contributed by atoms with Crippen LogP contribution in [0.15, 0.2) is 82.8 Å². The first-order chi connectivity index (χ1) is 14.9. The monoisotopic (exact) mass is 437 g/mol. The lowest BCUT2D eigenvalue weighted by Crippen LogP contribution is -2.19. The Kier molecular flexibility index (Phi) is 5.77. The van der Waals surface area contributed by atoms with Crippen LogP contribution in [0.25, 0.3) is 0 Å². The van der Waals surface area contributed by atoms with Crippen molar-refractivity contribution in [3.63, 3.8) is 0 Å². The largest absolute Gasteiger partial charge is 0.497 e. The van der Waals surface area contributed by atoms with Crippen molar-refractivity contribution in [2.45, 2.75) is 24.0 Å². The molecular weight excluding hydrogens is 414 g/mol. The molecule has 31 heavy (non-hydrogen) atoms. The van der Waals surface area contributed by atoms with Crippen LogP contribution >= 0.6 is 0 Å². The number of primary sulfonamides is 1. The first kappa shape index (κ1) is 21.0. The van der Waals surface area contributed by atoms with Gasteiger partial charge in [-0.2, -0.15) is 5.10 Å². The van der Waals surface area contributed by atoms with Crippen LogP contribution in [0.2, 0.25) is 0 Å². The smallest absolute Gasteiger partial charge is 0.238 e. The molecule has 0 fully saturated rings. The second-order valence-electron chi connectivity index (χ2n) is 7.28. The zero-order chi connectivity index (χ0) is 22.0. The molecule has 1 aliphatic heterocycles. The van der Waals surface area contributed by atoms with E-state index in [9.17, 15) is 13.5 Å². The molecule has 0 aliphatic carbocycles. The zero-order valence-corrected chi connectivity index (χ0v) is 17.8. The summed E-state index contributed by atoms with van der Waals surface area (Å²) in [5.74, 6) is 0.770. The standard InChI is InChI=1S/C23H23N3O4S/c1-30-20-10-6-18(7-11-20)23-14-22(17-4-2-16(15-27)3-5-17)25-26(23)19-8-12-21(13-9-19)31(24,28)29/h2-13,23,27H,14-15H2,1H3,(H2,24,28,29). The summed E-state index contributed by atoms with van der Waals surface area (Å²) in [5.41, 5.74) is 4.53. The SMILES string of the molecule is COc1ccc(C2CC(c3ccc(CO)cc3)=NN2c2ccc(S(N)(=O)=O)cc2)cc1. The quantitative estimate of drug-likeness (QED) is 0.616. The van der Waals surface area contributed by atoms with Crippen molar-refractivity contribution in [3.05, 3.63) is 89.5 Å². The van der Waals surface area contributed by atoms with Crippen LogP contribution in [-0.4, -0.2) is 26.3 Å². The van der Waals surface area contributed by atoms with Gasteiger partial charge in [-0.1, -0.05) is 36.4 Å². The van der Waals surface area contributed by atoms with Gasteiger partial charge in [0, 0.05) is 6.42 Å². The molecule has 3 aromatic carbocycles. The number of nitrogens with two attached hydrogens (primary N) is 1. The van der Waals surface area contributed by atoms with Gasteiger partial charge in [0.15, 0.2) is 0 Å². The van der Waals surface area contributed by atoms with E-state index >= 15 is 0 Å². The number of sulfonamides is 1. The molecule has 0 radical (unpaired) electrons. The third-order valence-electron chi connectivity index (χ3n) is 5.31. The summed E-state index contributed by atoms with van der Waals surface area (Å²) in [6.45, 7) is -0.0102. The van der Waals surface area contributed by atoms with Crippen LogP contribution < -0.4 is 14.9 Å². The molecule has 4 rings (SSSR count). The van der Waals surface area contributed by atoms with Crippen LogP contribution in [0, 0.1) is 0 Å². The Balaban J connectivity index is 1.72. The van der Waals surface area contributed by atoms with E-state index in [0.29, 0.717) is 6.42 Å². The molecule has 1 heterocycles. The Morgan fingerprint density at radius 1 is 1.03 bits per heavy atom. The summed E-state index contributed by atoms with van der Waals surface area (Å²) in [4.78, 5) is 0.0558. The minimum Gasteiger partial charge on any atom is -0.497 e. The lowest BCUT2D eigenvalue weighted by molar-refractivity contribution is 0.282. The highest BCUT2D eigenvalue weighted by Gasteiger charge is 2.30. The number of ether oxygens (including phenoxy) is 1. The number of aliphatic hydroxyl groups is 1. The average Bonchev–Trinajstić information content (AvgIpc) is 3.24. The summed E-state index contributed by atoms with van der Waals surface area (Å²) in [6.07, 6.45) is 0.668. The van der Waals surface area contributed by atoms with E-state index in [2.05, 4.69) is 0 Å². The molecule has 0 bridgehead atoms. The highest BCUT2D eigenvalue weighted by Crippen LogP contribution is 2.37. The Morgan fingerprint density at radius 3 is 2.23 bits per heavy atom. The summed E-state index contributed by atoms with van der Waals surface area (Å²) >= 11 is 0. The van der Waals surface area contributed by atoms with Crippen molar-refractivity contribution in [2.75, 3.05) is 12.1 Å².